The molecule has 3 N–H and O–H groups in total. The van der Waals surface area contributed by atoms with Crippen molar-refractivity contribution in [1.82, 2.24) is 16.2 Å². The van der Waals surface area contributed by atoms with Crippen molar-refractivity contribution in [3.63, 3.8) is 0 Å². The molecule has 11 nitrogen and oxygen atoms in total. The average molecular weight is 442 g/mol. The highest BCUT2D eigenvalue weighted by Gasteiger charge is 2.26. The lowest BCUT2D eigenvalue weighted by molar-refractivity contribution is -0.384. The van der Waals surface area contributed by atoms with Crippen molar-refractivity contribution in [3.05, 3.63) is 75.8 Å². The summed E-state index contributed by atoms with van der Waals surface area (Å²) < 4.78 is 4.95. The number of esters is 1. The van der Waals surface area contributed by atoms with Gasteiger partial charge in [-0.2, -0.15) is 0 Å². The summed E-state index contributed by atoms with van der Waals surface area (Å²) in [5.41, 5.74) is 4.45. The van der Waals surface area contributed by atoms with Gasteiger partial charge >= 0.3 is 5.97 Å². The maximum atomic E-state index is 12.3. The molecule has 0 fully saturated rings. The first-order valence-corrected chi connectivity index (χ1v) is 9.55. The van der Waals surface area contributed by atoms with Crippen LogP contribution in [0.5, 0.6) is 0 Å². The van der Waals surface area contributed by atoms with Crippen LogP contribution in [0, 0.1) is 16.0 Å². The van der Waals surface area contributed by atoms with Crippen molar-refractivity contribution in [3.8, 4) is 0 Å². The maximum Gasteiger partial charge on any atom is 0.329 e. The Hall–Kier alpha value is -4.28. The second-order valence-electron chi connectivity index (χ2n) is 6.98. The number of benzene rings is 2. The Labute approximate surface area is 183 Å². The van der Waals surface area contributed by atoms with Gasteiger partial charge in [0, 0.05) is 23.3 Å². The molecule has 2 aromatic rings. The van der Waals surface area contributed by atoms with Gasteiger partial charge in [-0.3, -0.25) is 35.3 Å². The van der Waals surface area contributed by atoms with Gasteiger partial charge in [0.05, 0.1) is 4.92 Å². The molecule has 0 aliphatic carbocycles. The Morgan fingerprint density at radius 3 is 2.06 bits per heavy atom. The standard InChI is InChI=1S/C21H22N4O7/c1-13(2)18(22-19(27)14-6-4-3-5-7-14)21(29)32-12-17(26)23-24-20(28)15-8-10-16(11-9-15)25(30)31/h3-11,13,18H,12H2,1-2H3,(H,22,27)(H,23,26)(H,24,28)/t18-/m0/s1. The molecule has 0 saturated heterocycles. The molecule has 0 bridgehead atoms. The van der Waals surface area contributed by atoms with E-state index in [0.29, 0.717) is 5.56 Å². The average Bonchev–Trinajstić information content (AvgIpc) is 2.79. The quantitative estimate of drug-likeness (QED) is 0.316. The highest BCUT2D eigenvalue weighted by molar-refractivity contribution is 5.97. The van der Waals surface area contributed by atoms with Gasteiger partial charge in [-0.15, -0.1) is 0 Å². The number of nitro groups is 1. The van der Waals surface area contributed by atoms with Crippen LogP contribution < -0.4 is 16.2 Å². The fourth-order valence-corrected chi connectivity index (χ4v) is 2.51. The number of nitrogens with one attached hydrogen (secondary N) is 3. The van der Waals surface area contributed by atoms with E-state index in [1.54, 1.807) is 44.2 Å². The first-order chi connectivity index (χ1) is 15.2. The van der Waals surface area contributed by atoms with Gasteiger partial charge in [-0.05, 0) is 30.2 Å². The van der Waals surface area contributed by atoms with E-state index in [0.717, 1.165) is 12.1 Å². The molecule has 3 amide bonds. The van der Waals surface area contributed by atoms with Gasteiger partial charge in [0.15, 0.2) is 6.61 Å². The number of nitrogens with zero attached hydrogens (tertiary/aromatic N) is 1. The molecule has 0 aliphatic heterocycles. The number of non-ortho nitro benzene ring substituents is 1. The monoisotopic (exact) mass is 442 g/mol. The van der Waals surface area contributed by atoms with Gasteiger partial charge in [0.25, 0.3) is 23.4 Å². The lowest BCUT2D eigenvalue weighted by atomic mass is 10.0. The number of nitro benzene ring substituents is 1. The third-order valence-corrected chi connectivity index (χ3v) is 4.24. The lowest BCUT2D eigenvalue weighted by Gasteiger charge is -2.20. The van der Waals surface area contributed by atoms with Gasteiger partial charge in [0.1, 0.15) is 6.04 Å². The Balaban J connectivity index is 1.83. The minimum Gasteiger partial charge on any atom is -0.454 e. The number of carbonyl (C=O) groups is 4. The van der Waals surface area contributed by atoms with Crippen LogP contribution in [0.25, 0.3) is 0 Å². The molecule has 11 heteroatoms. The van der Waals surface area contributed by atoms with Gasteiger partial charge in [0.2, 0.25) is 0 Å². The predicted molar refractivity (Wildman–Crippen MR) is 112 cm³/mol. The van der Waals surface area contributed by atoms with Crippen molar-refractivity contribution in [1.29, 1.82) is 0 Å². The van der Waals surface area contributed by atoms with E-state index in [2.05, 4.69) is 16.2 Å². The number of hydrogen-bond acceptors (Lipinski definition) is 7. The topological polar surface area (TPSA) is 157 Å². The van der Waals surface area contributed by atoms with Crippen LogP contribution in [0.4, 0.5) is 5.69 Å². The maximum absolute atomic E-state index is 12.3. The lowest BCUT2D eigenvalue weighted by Crippen LogP contribution is -2.47. The number of ether oxygens (including phenoxy) is 1. The zero-order chi connectivity index (χ0) is 23.7. The summed E-state index contributed by atoms with van der Waals surface area (Å²) in [5, 5.41) is 13.2. The zero-order valence-electron chi connectivity index (χ0n) is 17.4. The number of carbonyl (C=O) groups excluding carboxylic acids is 4. The Bertz CT molecular complexity index is 991. The molecule has 168 valence electrons. The third kappa shape index (κ3) is 6.90. The SMILES string of the molecule is CC(C)[C@H](NC(=O)c1ccccc1)C(=O)OCC(=O)NNC(=O)c1ccc([N+](=O)[O-])cc1. The predicted octanol–water partition coefficient (Wildman–Crippen LogP) is 1.35. The number of rotatable bonds is 8. The van der Waals surface area contributed by atoms with Crippen molar-refractivity contribution < 1.29 is 28.8 Å². The van der Waals surface area contributed by atoms with E-state index in [9.17, 15) is 29.3 Å². The molecule has 1 atom stereocenters. The fourth-order valence-electron chi connectivity index (χ4n) is 2.51. The minimum absolute atomic E-state index is 0.0800. The van der Waals surface area contributed by atoms with Crippen molar-refractivity contribution in [2.24, 2.45) is 5.92 Å². The second-order valence-corrected chi connectivity index (χ2v) is 6.98. The molecule has 2 rings (SSSR count). The molecule has 0 aromatic heterocycles. The zero-order valence-corrected chi connectivity index (χ0v) is 17.4. The molecule has 0 saturated carbocycles. The molecular weight excluding hydrogens is 420 g/mol. The molecule has 0 spiro atoms. The van der Waals surface area contributed by atoms with Gasteiger partial charge in [-0.1, -0.05) is 32.0 Å². The van der Waals surface area contributed by atoms with Gasteiger partial charge < -0.3 is 10.1 Å². The summed E-state index contributed by atoms with van der Waals surface area (Å²) in [6.45, 7) is 2.73. The summed E-state index contributed by atoms with van der Waals surface area (Å²) >= 11 is 0. The number of hydrogen-bond donors (Lipinski definition) is 3. The molecule has 0 unspecified atom stereocenters. The first-order valence-electron chi connectivity index (χ1n) is 9.55. The van der Waals surface area contributed by atoms with Crippen molar-refractivity contribution in [2.45, 2.75) is 19.9 Å². The Morgan fingerprint density at radius 1 is 0.906 bits per heavy atom. The summed E-state index contributed by atoms with van der Waals surface area (Å²) in [6.07, 6.45) is 0. The molecule has 2 aromatic carbocycles. The van der Waals surface area contributed by atoms with Crippen LogP contribution in [0.15, 0.2) is 54.6 Å². The second kappa shape index (κ2) is 11.2. The van der Waals surface area contributed by atoms with E-state index in [1.165, 1.54) is 12.1 Å². The molecule has 0 radical (unpaired) electrons. The third-order valence-electron chi connectivity index (χ3n) is 4.24. The van der Waals surface area contributed by atoms with E-state index in [4.69, 9.17) is 4.74 Å². The molecule has 32 heavy (non-hydrogen) atoms. The molecular formula is C21H22N4O7. The van der Waals surface area contributed by atoms with Crippen LogP contribution in [0.2, 0.25) is 0 Å². The van der Waals surface area contributed by atoms with Crippen molar-refractivity contribution >= 4 is 29.4 Å². The summed E-state index contributed by atoms with van der Waals surface area (Å²) in [6, 6.07) is 12.1. The van der Waals surface area contributed by atoms with E-state index in [-0.39, 0.29) is 17.2 Å². The Morgan fingerprint density at radius 2 is 1.50 bits per heavy atom. The largest absolute Gasteiger partial charge is 0.454 e. The minimum atomic E-state index is -0.981. The normalized spacial score (nSPS) is 11.2. The van der Waals surface area contributed by atoms with Crippen LogP contribution in [-0.4, -0.2) is 41.3 Å². The number of amides is 3. The fraction of sp³-hybridized carbons (Fsp3) is 0.238. The Kier molecular flexibility index (Phi) is 8.40. The smallest absolute Gasteiger partial charge is 0.329 e. The van der Waals surface area contributed by atoms with Crippen molar-refractivity contribution in [2.75, 3.05) is 6.61 Å². The number of hydrazine groups is 1. The van der Waals surface area contributed by atoms with Gasteiger partial charge in [-0.25, -0.2) is 4.79 Å². The summed E-state index contributed by atoms with van der Waals surface area (Å²) in [7, 11) is 0. The van der Waals surface area contributed by atoms with Crippen LogP contribution in [0.1, 0.15) is 34.6 Å². The molecule has 0 aliphatic rings. The van der Waals surface area contributed by atoms with Crippen LogP contribution in [-0.2, 0) is 14.3 Å². The van der Waals surface area contributed by atoms with E-state index >= 15 is 0 Å². The molecule has 0 heterocycles. The summed E-state index contributed by atoms with van der Waals surface area (Å²) in [5.74, 6) is -3.09. The van der Waals surface area contributed by atoms with E-state index < -0.39 is 41.3 Å². The van der Waals surface area contributed by atoms with Crippen LogP contribution in [0.3, 0.4) is 0 Å². The highest BCUT2D eigenvalue weighted by atomic mass is 16.6. The summed E-state index contributed by atoms with van der Waals surface area (Å²) in [4.78, 5) is 58.5. The first kappa shape index (κ1) is 24.0. The highest BCUT2D eigenvalue weighted by Crippen LogP contribution is 2.11. The van der Waals surface area contributed by atoms with Crippen LogP contribution >= 0.6 is 0 Å². The van der Waals surface area contributed by atoms with E-state index in [1.807, 2.05) is 0 Å².